The first-order valence-electron chi connectivity index (χ1n) is 8.64. The average Bonchev–Trinajstić information content (AvgIpc) is 2.74. The number of ether oxygens (including phenoxy) is 3. The Labute approximate surface area is 168 Å². The van der Waals surface area contributed by atoms with Crippen LogP contribution in [0.15, 0.2) is 79.4 Å². The van der Waals surface area contributed by atoms with Gasteiger partial charge in [0, 0.05) is 6.07 Å². The minimum Gasteiger partial charge on any atom is -0.493 e. The van der Waals surface area contributed by atoms with Gasteiger partial charge in [-0.25, -0.2) is 4.79 Å². The fourth-order valence-corrected chi connectivity index (χ4v) is 2.42. The quantitative estimate of drug-likeness (QED) is 0.252. The zero-order valence-corrected chi connectivity index (χ0v) is 16.0. The molecule has 2 aromatic carbocycles. The summed E-state index contributed by atoms with van der Waals surface area (Å²) in [6.45, 7) is 7.36. The van der Waals surface area contributed by atoms with Crippen LogP contribution in [0.3, 0.4) is 0 Å². The summed E-state index contributed by atoms with van der Waals surface area (Å²) in [5.74, 6) is -0.538. The van der Waals surface area contributed by atoms with Gasteiger partial charge in [0.25, 0.3) is 5.69 Å². The predicted molar refractivity (Wildman–Crippen MR) is 109 cm³/mol. The molecular formula is C22H21NO6. The first-order valence-corrected chi connectivity index (χ1v) is 8.64. The summed E-state index contributed by atoms with van der Waals surface area (Å²) in [7, 11) is 1.38. The van der Waals surface area contributed by atoms with Crippen LogP contribution in [0.5, 0.6) is 11.5 Å². The number of benzene rings is 2. The largest absolute Gasteiger partial charge is 0.493 e. The zero-order valence-electron chi connectivity index (χ0n) is 16.0. The van der Waals surface area contributed by atoms with E-state index in [0.717, 1.165) is 17.2 Å². The maximum absolute atomic E-state index is 12.5. The lowest BCUT2D eigenvalue weighted by atomic mass is 10.1. The van der Waals surface area contributed by atoms with Crippen LogP contribution in [0.4, 0.5) is 5.69 Å². The molecule has 29 heavy (non-hydrogen) atoms. The van der Waals surface area contributed by atoms with E-state index in [4.69, 9.17) is 14.2 Å². The highest BCUT2D eigenvalue weighted by Gasteiger charge is 2.26. The Balaban J connectivity index is 2.29. The van der Waals surface area contributed by atoms with Gasteiger partial charge in [-0.3, -0.25) is 10.1 Å². The molecule has 0 atom stereocenters. The molecule has 150 valence electrons. The van der Waals surface area contributed by atoms with Gasteiger partial charge in [0.05, 0.1) is 18.1 Å². The van der Waals surface area contributed by atoms with E-state index in [9.17, 15) is 14.9 Å². The first kappa shape index (κ1) is 21.4. The third-order valence-corrected chi connectivity index (χ3v) is 3.90. The molecule has 0 saturated carbocycles. The van der Waals surface area contributed by atoms with Crippen LogP contribution in [0.1, 0.15) is 15.9 Å². The van der Waals surface area contributed by atoms with Gasteiger partial charge < -0.3 is 14.2 Å². The molecule has 0 aliphatic rings. The molecule has 0 unspecified atom stereocenters. The summed E-state index contributed by atoms with van der Waals surface area (Å²) in [5.41, 5.74) is 0.824. The molecule has 2 aromatic rings. The summed E-state index contributed by atoms with van der Waals surface area (Å²) >= 11 is 0. The molecule has 0 fully saturated rings. The zero-order chi connectivity index (χ0) is 21.2. The van der Waals surface area contributed by atoms with Crippen molar-refractivity contribution in [3.8, 4) is 11.5 Å². The third-order valence-electron chi connectivity index (χ3n) is 3.90. The number of esters is 1. The second-order valence-electron chi connectivity index (χ2n) is 5.81. The highest BCUT2D eigenvalue weighted by Crippen LogP contribution is 2.35. The molecule has 0 amide bonds. The van der Waals surface area contributed by atoms with Crippen molar-refractivity contribution < 1.29 is 23.9 Å². The smallest absolute Gasteiger partial charge is 0.345 e. The fraction of sp³-hybridized carbons (Fsp3) is 0.136. The van der Waals surface area contributed by atoms with E-state index in [1.165, 1.54) is 13.2 Å². The van der Waals surface area contributed by atoms with Crippen molar-refractivity contribution in [2.24, 2.45) is 0 Å². The van der Waals surface area contributed by atoms with Crippen molar-refractivity contribution in [2.45, 2.75) is 6.61 Å². The molecule has 0 radical (unpaired) electrons. The molecular weight excluding hydrogens is 374 g/mol. The number of nitrogens with zero attached hydrogens (tertiary/aromatic N) is 1. The van der Waals surface area contributed by atoms with E-state index in [-0.39, 0.29) is 30.3 Å². The van der Waals surface area contributed by atoms with Crippen molar-refractivity contribution in [3.05, 3.63) is 101 Å². The maximum Gasteiger partial charge on any atom is 0.345 e. The maximum atomic E-state index is 12.5. The Morgan fingerprint density at radius 2 is 1.90 bits per heavy atom. The summed E-state index contributed by atoms with van der Waals surface area (Å²) in [6.07, 6.45) is 4.85. The van der Waals surface area contributed by atoms with Crippen LogP contribution in [-0.4, -0.2) is 24.6 Å². The van der Waals surface area contributed by atoms with E-state index >= 15 is 0 Å². The minimum absolute atomic E-state index is 0.00750. The van der Waals surface area contributed by atoms with Gasteiger partial charge >= 0.3 is 5.97 Å². The van der Waals surface area contributed by atoms with Gasteiger partial charge in [0.15, 0.2) is 11.5 Å². The molecule has 0 aromatic heterocycles. The molecule has 7 nitrogen and oxygen atoms in total. The summed E-state index contributed by atoms with van der Waals surface area (Å²) < 4.78 is 16.1. The van der Waals surface area contributed by atoms with Crippen LogP contribution < -0.4 is 9.47 Å². The van der Waals surface area contributed by atoms with E-state index < -0.39 is 16.6 Å². The normalized spacial score (nSPS) is 10.7. The number of allylic oxidation sites excluding steroid dienone is 2. The van der Waals surface area contributed by atoms with Gasteiger partial charge in [-0.2, -0.15) is 0 Å². The van der Waals surface area contributed by atoms with E-state index in [2.05, 4.69) is 13.2 Å². The molecule has 0 bridgehead atoms. The van der Waals surface area contributed by atoms with Crippen molar-refractivity contribution in [3.63, 3.8) is 0 Å². The Kier molecular flexibility index (Phi) is 7.73. The fourth-order valence-electron chi connectivity index (χ4n) is 2.42. The molecule has 0 aliphatic carbocycles. The molecule has 0 spiro atoms. The summed E-state index contributed by atoms with van der Waals surface area (Å²) in [4.78, 5) is 23.3. The van der Waals surface area contributed by atoms with Crippen molar-refractivity contribution >= 4 is 11.7 Å². The van der Waals surface area contributed by atoms with Gasteiger partial charge in [-0.05, 0) is 11.1 Å². The van der Waals surface area contributed by atoms with Crippen molar-refractivity contribution in [1.29, 1.82) is 0 Å². The van der Waals surface area contributed by atoms with Crippen molar-refractivity contribution in [2.75, 3.05) is 13.7 Å². The van der Waals surface area contributed by atoms with Crippen LogP contribution in [0.2, 0.25) is 0 Å². The molecule has 0 N–H and O–H groups in total. The molecule has 7 heteroatoms. The number of rotatable bonds is 10. The van der Waals surface area contributed by atoms with Crippen LogP contribution >= 0.6 is 0 Å². The van der Waals surface area contributed by atoms with Crippen LogP contribution in [0.25, 0.3) is 0 Å². The lowest BCUT2D eigenvalue weighted by Crippen LogP contribution is -2.10. The van der Waals surface area contributed by atoms with Gasteiger partial charge in [-0.15, -0.1) is 0 Å². The van der Waals surface area contributed by atoms with Crippen LogP contribution in [0, 0.1) is 10.1 Å². The lowest BCUT2D eigenvalue weighted by Gasteiger charge is -2.13. The molecule has 0 saturated heterocycles. The summed E-state index contributed by atoms with van der Waals surface area (Å²) in [5, 5.41) is 11.5. The number of hydrogen-bond donors (Lipinski definition) is 0. The predicted octanol–water partition coefficient (Wildman–Crippen LogP) is 4.64. The number of nitro groups is 1. The number of methoxy groups -OCH3 is 1. The van der Waals surface area contributed by atoms with Crippen molar-refractivity contribution in [1.82, 2.24) is 0 Å². The Bertz CT molecular complexity index is 934. The summed E-state index contributed by atoms with van der Waals surface area (Å²) in [6, 6.07) is 11.4. The van der Waals surface area contributed by atoms with E-state index in [0.29, 0.717) is 0 Å². The molecule has 2 rings (SSSR count). The average molecular weight is 395 g/mol. The van der Waals surface area contributed by atoms with Gasteiger partial charge in [-0.1, -0.05) is 61.7 Å². The third kappa shape index (κ3) is 5.80. The second-order valence-corrected chi connectivity index (χ2v) is 5.81. The van der Waals surface area contributed by atoms with Gasteiger partial charge in [0.1, 0.15) is 18.8 Å². The Hall–Kier alpha value is -3.87. The first-order chi connectivity index (χ1) is 14.0. The highest BCUT2D eigenvalue weighted by molar-refractivity contribution is 5.95. The topological polar surface area (TPSA) is 87.9 Å². The number of carbonyl (C=O) groups excluding carboxylic acids is 1. The number of hydrogen-bond acceptors (Lipinski definition) is 6. The molecule has 0 aliphatic heterocycles. The van der Waals surface area contributed by atoms with Crippen LogP contribution in [-0.2, 0) is 11.3 Å². The Morgan fingerprint density at radius 3 is 2.48 bits per heavy atom. The highest BCUT2D eigenvalue weighted by atomic mass is 16.6. The standard InChI is InChI=1S/C22H21NO6/c1-4-9-16(5-2)14-28-21-13-19(23(25)26)18(12-20(21)27-3)22(24)29-15-17-10-7-6-8-11-17/h4-13H,1-2,14-15H2,3H3/b16-9+. The van der Waals surface area contributed by atoms with E-state index in [1.54, 1.807) is 42.5 Å². The van der Waals surface area contributed by atoms with E-state index in [1.807, 2.05) is 6.07 Å². The molecule has 0 heterocycles. The van der Waals surface area contributed by atoms with Gasteiger partial charge in [0.2, 0.25) is 0 Å². The lowest BCUT2D eigenvalue weighted by molar-refractivity contribution is -0.385. The monoisotopic (exact) mass is 395 g/mol. The SMILES string of the molecule is C=C/C=C(\C=C)COc1cc([N+](=O)[O-])c(C(=O)OCc2ccccc2)cc1OC. The number of carbonyl (C=O) groups is 1. The Morgan fingerprint density at radius 1 is 1.17 bits per heavy atom. The minimum atomic E-state index is -0.830. The number of nitro benzene ring substituents is 1. The second kappa shape index (κ2) is 10.5.